The number of carbonyl (C=O) groups excluding carboxylic acids is 1. The standard InChI is InChI=1S/C31H42FNO3/c1-5-35-27(34)30(4)16-7-15-29(3)24(30)14-18-31-20-26(28(2,21-31)17-13-25(29)31)33-36-19-6-8-22-9-11-23(32)12-10-22/h6,8-12,24-25H,5,7,13-21H2,1-4H3/b8-6+,33-26+/t24-,25-,28-,29+,30+,31-/m0/s1. The van der Waals surface area contributed by atoms with Crippen LogP contribution in [-0.2, 0) is 14.4 Å². The Labute approximate surface area is 215 Å². The number of fused-ring (bicyclic) bond motifs is 3. The molecule has 36 heavy (non-hydrogen) atoms. The lowest BCUT2D eigenvalue weighted by Crippen LogP contribution is -2.58. The summed E-state index contributed by atoms with van der Waals surface area (Å²) in [6.07, 6.45) is 14.0. The van der Waals surface area contributed by atoms with Gasteiger partial charge in [0.1, 0.15) is 12.4 Å². The molecular weight excluding hydrogens is 453 g/mol. The van der Waals surface area contributed by atoms with Crippen molar-refractivity contribution in [1.82, 2.24) is 0 Å². The maximum atomic E-state index is 13.1. The van der Waals surface area contributed by atoms with Gasteiger partial charge in [-0.05, 0) is 112 Å². The smallest absolute Gasteiger partial charge is 0.312 e. The number of benzene rings is 1. The van der Waals surface area contributed by atoms with E-state index in [0.29, 0.717) is 25.0 Å². The SMILES string of the molecule is CCOC(=O)[C@]1(C)CCC[C@@]2(C)[C@@H]3CC[C@@]4(C)C[C@]3(CC[C@@H]21)C/C4=N\OC/C=C/c1ccc(F)cc1. The summed E-state index contributed by atoms with van der Waals surface area (Å²) in [5.41, 5.74) is 2.38. The first-order valence-corrected chi connectivity index (χ1v) is 13.9. The second-order valence-corrected chi connectivity index (χ2v) is 12.7. The fourth-order valence-electron chi connectivity index (χ4n) is 9.13. The van der Waals surface area contributed by atoms with Crippen LogP contribution in [0.1, 0.15) is 91.0 Å². The Kier molecular flexibility index (Phi) is 6.58. The molecule has 2 bridgehead atoms. The van der Waals surface area contributed by atoms with Crippen molar-refractivity contribution in [1.29, 1.82) is 0 Å². The molecule has 6 atom stereocenters. The third-order valence-corrected chi connectivity index (χ3v) is 10.7. The number of hydrogen-bond donors (Lipinski definition) is 0. The summed E-state index contributed by atoms with van der Waals surface area (Å²) in [4.78, 5) is 18.9. The van der Waals surface area contributed by atoms with Gasteiger partial charge in [-0.2, -0.15) is 0 Å². The summed E-state index contributed by atoms with van der Waals surface area (Å²) >= 11 is 0. The molecule has 0 radical (unpaired) electrons. The average Bonchev–Trinajstić information content (AvgIpc) is 3.04. The van der Waals surface area contributed by atoms with E-state index in [1.807, 2.05) is 19.1 Å². The summed E-state index contributed by atoms with van der Waals surface area (Å²) in [6, 6.07) is 6.44. The molecule has 4 saturated carbocycles. The van der Waals surface area contributed by atoms with Gasteiger partial charge >= 0.3 is 5.97 Å². The maximum Gasteiger partial charge on any atom is 0.312 e. The zero-order valence-electron chi connectivity index (χ0n) is 22.4. The highest BCUT2D eigenvalue weighted by Crippen LogP contribution is 2.73. The first-order valence-electron chi connectivity index (χ1n) is 13.9. The molecule has 4 fully saturated rings. The summed E-state index contributed by atoms with van der Waals surface area (Å²) in [5.74, 6) is 0.812. The minimum absolute atomic E-state index is 0.0216. The van der Waals surface area contributed by atoms with E-state index in [0.717, 1.165) is 37.7 Å². The molecule has 4 aliphatic rings. The predicted molar refractivity (Wildman–Crippen MR) is 141 cm³/mol. The van der Waals surface area contributed by atoms with Crippen LogP contribution in [0, 0.1) is 39.3 Å². The van der Waals surface area contributed by atoms with Crippen LogP contribution < -0.4 is 0 Å². The van der Waals surface area contributed by atoms with Crippen molar-refractivity contribution in [3.8, 4) is 0 Å². The number of hydrogen-bond acceptors (Lipinski definition) is 4. The van der Waals surface area contributed by atoms with Gasteiger partial charge in [-0.15, -0.1) is 0 Å². The van der Waals surface area contributed by atoms with Gasteiger partial charge < -0.3 is 9.57 Å². The molecule has 0 aromatic heterocycles. The number of halogens is 1. The molecule has 0 heterocycles. The first kappa shape index (κ1) is 25.5. The molecule has 4 nitrogen and oxygen atoms in total. The van der Waals surface area contributed by atoms with Crippen molar-refractivity contribution in [3.05, 3.63) is 41.7 Å². The number of esters is 1. The molecular formula is C31H42FNO3. The number of oxime groups is 1. The Bertz CT molecular complexity index is 1050. The third kappa shape index (κ3) is 4.11. The lowest BCUT2D eigenvalue weighted by Gasteiger charge is -2.64. The topological polar surface area (TPSA) is 47.9 Å². The second-order valence-electron chi connectivity index (χ2n) is 12.7. The van der Waals surface area contributed by atoms with E-state index < -0.39 is 0 Å². The van der Waals surface area contributed by atoms with Gasteiger partial charge in [0.25, 0.3) is 0 Å². The van der Waals surface area contributed by atoms with Crippen LogP contribution >= 0.6 is 0 Å². The lowest BCUT2D eigenvalue weighted by molar-refractivity contribution is -0.187. The number of ether oxygens (including phenoxy) is 1. The molecule has 0 unspecified atom stereocenters. The van der Waals surface area contributed by atoms with Gasteiger partial charge in [0.15, 0.2) is 0 Å². The van der Waals surface area contributed by atoms with Gasteiger partial charge in [0, 0.05) is 5.41 Å². The quantitative estimate of drug-likeness (QED) is 0.232. The van der Waals surface area contributed by atoms with E-state index in [2.05, 4.69) is 20.8 Å². The third-order valence-electron chi connectivity index (χ3n) is 10.7. The predicted octanol–water partition coefficient (Wildman–Crippen LogP) is 7.58. The van der Waals surface area contributed by atoms with E-state index in [-0.39, 0.29) is 33.4 Å². The molecule has 5 heteroatoms. The molecule has 196 valence electrons. The molecule has 1 aromatic carbocycles. The second kappa shape index (κ2) is 9.29. The van der Waals surface area contributed by atoms with Crippen molar-refractivity contribution >= 4 is 17.8 Å². The minimum atomic E-state index is -0.360. The summed E-state index contributed by atoms with van der Waals surface area (Å²) in [6.45, 7) is 9.85. The normalized spacial score (nSPS) is 40.6. The fraction of sp³-hybridized carbons (Fsp3) is 0.677. The van der Waals surface area contributed by atoms with Crippen LogP contribution in [0.15, 0.2) is 35.5 Å². The lowest BCUT2D eigenvalue weighted by atomic mass is 9.40. The van der Waals surface area contributed by atoms with Crippen LogP contribution in [0.3, 0.4) is 0 Å². The monoisotopic (exact) mass is 495 g/mol. The molecule has 0 amide bonds. The molecule has 1 aromatic rings. The number of nitrogens with zero attached hydrogens (tertiary/aromatic N) is 1. The molecule has 0 N–H and O–H groups in total. The highest BCUT2D eigenvalue weighted by molar-refractivity contribution is 5.93. The van der Waals surface area contributed by atoms with Crippen molar-refractivity contribution in [2.75, 3.05) is 13.2 Å². The van der Waals surface area contributed by atoms with Crippen LogP contribution in [0.2, 0.25) is 0 Å². The Morgan fingerprint density at radius 3 is 2.58 bits per heavy atom. The fourth-order valence-corrected chi connectivity index (χ4v) is 9.13. The Morgan fingerprint density at radius 1 is 1.08 bits per heavy atom. The molecule has 5 rings (SSSR count). The van der Waals surface area contributed by atoms with E-state index in [4.69, 9.17) is 14.7 Å². The Balaban J connectivity index is 1.31. The summed E-state index contributed by atoms with van der Waals surface area (Å²) in [5, 5.41) is 4.71. The molecule has 0 aliphatic heterocycles. The van der Waals surface area contributed by atoms with E-state index in [1.165, 1.54) is 43.5 Å². The average molecular weight is 496 g/mol. The Morgan fingerprint density at radius 2 is 1.83 bits per heavy atom. The summed E-state index contributed by atoms with van der Waals surface area (Å²) in [7, 11) is 0. The van der Waals surface area contributed by atoms with Crippen LogP contribution in [-0.4, -0.2) is 24.9 Å². The van der Waals surface area contributed by atoms with Gasteiger partial charge in [-0.1, -0.05) is 43.6 Å². The zero-order chi connectivity index (χ0) is 25.6. The van der Waals surface area contributed by atoms with Crippen LogP contribution in [0.5, 0.6) is 0 Å². The largest absolute Gasteiger partial charge is 0.466 e. The number of carbonyl (C=O) groups is 1. The zero-order valence-corrected chi connectivity index (χ0v) is 22.4. The van der Waals surface area contributed by atoms with Gasteiger partial charge in [-0.25, -0.2) is 4.39 Å². The van der Waals surface area contributed by atoms with Crippen LogP contribution in [0.25, 0.3) is 6.08 Å². The summed E-state index contributed by atoms with van der Waals surface area (Å²) < 4.78 is 18.7. The molecule has 1 spiro atoms. The first-order chi connectivity index (χ1) is 17.2. The minimum Gasteiger partial charge on any atom is -0.466 e. The van der Waals surface area contributed by atoms with Gasteiger partial charge in [0.05, 0.1) is 17.7 Å². The van der Waals surface area contributed by atoms with E-state index in [9.17, 15) is 9.18 Å². The van der Waals surface area contributed by atoms with Crippen LogP contribution in [0.4, 0.5) is 4.39 Å². The van der Waals surface area contributed by atoms with Crippen molar-refractivity contribution in [2.24, 2.45) is 38.7 Å². The number of rotatable bonds is 6. The van der Waals surface area contributed by atoms with Gasteiger partial charge in [-0.3, -0.25) is 4.79 Å². The molecule has 4 aliphatic carbocycles. The van der Waals surface area contributed by atoms with Crippen molar-refractivity contribution < 1.29 is 18.8 Å². The molecule has 0 saturated heterocycles. The van der Waals surface area contributed by atoms with E-state index >= 15 is 0 Å². The van der Waals surface area contributed by atoms with Gasteiger partial charge in [0.2, 0.25) is 0 Å². The van der Waals surface area contributed by atoms with E-state index in [1.54, 1.807) is 12.1 Å². The highest BCUT2D eigenvalue weighted by Gasteiger charge is 2.67. The van der Waals surface area contributed by atoms with Crippen molar-refractivity contribution in [3.63, 3.8) is 0 Å². The Hall–Kier alpha value is -2.17. The highest BCUT2D eigenvalue weighted by atomic mass is 19.1. The van der Waals surface area contributed by atoms with Crippen molar-refractivity contribution in [2.45, 2.75) is 85.5 Å². The maximum absolute atomic E-state index is 13.1.